The van der Waals surface area contributed by atoms with Crippen LogP contribution in [-0.4, -0.2) is 15.9 Å². The Balaban J connectivity index is 2.28. The van der Waals surface area contributed by atoms with Gasteiger partial charge >= 0.3 is 6.18 Å². The molecule has 0 aliphatic carbocycles. The molecule has 0 bridgehead atoms. The molecule has 0 saturated carbocycles. The van der Waals surface area contributed by atoms with E-state index in [4.69, 9.17) is 21.5 Å². The van der Waals surface area contributed by atoms with Crippen molar-refractivity contribution >= 4 is 17.3 Å². The first-order chi connectivity index (χ1) is 10.3. The Kier molecular flexibility index (Phi) is 4.56. The summed E-state index contributed by atoms with van der Waals surface area (Å²) in [5, 5.41) is 11.5. The molecule has 2 aromatic rings. The van der Waals surface area contributed by atoms with Gasteiger partial charge < -0.3 is 9.94 Å². The summed E-state index contributed by atoms with van der Waals surface area (Å²) in [6.07, 6.45) is -3.88. The molecule has 1 heterocycles. The third kappa shape index (κ3) is 3.67. The van der Waals surface area contributed by atoms with Crippen molar-refractivity contribution in [1.82, 2.24) is 4.98 Å². The highest BCUT2D eigenvalue weighted by Crippen LogP contribution is 2.34. The van der Waals surface area contributed by atoms with Gasteiger partial charge in [0.15, 0.2) is 0 Å². The van der Waals surface area contributed by atoms with Crippen LogP contribution in [0.15, 0.2) is 41.7 Å². The second kappa shape index (κ2) is 6.23. The molecule has 0 radical (unpaired) electrons. The molecule has 116 valence electrons. The molecule has 0 aliphatic heterocycles. The Labute approximate surface area is 128 Å². The average molecular weight is 331 g/mol. The van der Waals surface area contributed by atoms with Gasteiger partial charge in [-0.05, 0) is 25.1 Å². The lowest BCUT2D eigenvalue weighted by molar-refractivity contribution is -0.137. The molecule has 0 amide bonds. The van der Waals surface area contributed by atoms with Gasteiger partial charge in [-0.2, -0.15) is 13.2 Å². The molecule has 0 saturated heterocycles. The molecule has 0 spiro atoms. The maximum absolute atomic E-state index is 12.5. The molecule has 1 N–H and O–H groups in total. The third-order valence-corrected chi connectivity index (χ3v) is 3.02. The Morgan fingerprint density at radius 1 is 1.32 bits per heavy atom. The standard InChI is InChI=1S/C14H10ClF3N2O2/c1-8(20-21)9-3-2-4-11(5-9)22-13-12(15)6-10(7-19-13)14(16,17)18/h2-7,21H,1H3/b20-8+. The number of oxime groups is 1. The molecule has 0 unspecified atom stereocenters. The van der Waals surface area contributed by atoms with E-state index in [1.54, 1.807) is 31.2 Å². The van der Waals surface area contributed by atoms with Crippen LogP contribution in [0.1, 0.15) is 18.1 Å². The van der Waals surface area contributed by atoms with E-state index in [1.165, 1.54) is 0 Å². The van der Waals surface area contributed by atoms with E-state index in [-0.39, 0.29) is 10.9 Å². The van der Waals surface area contributed by atoms with Crippen LogP contribution in [0.25, 0.3) is 0 Å². The topological polar surface area (TPSA) is 54.7 Å². The quantitative estimate of drug-likeness (QED) is 0.502. The van der Waals surface area contributed by atoms with Crippen molar-refractivity contribution in [2.45, 2.75) is 13.1 Å². The van der Waals surface area contributed by atoms with Gasteiger partial charge in [0.05, 0.1) is 11.3 Å². The normalized spacial score (nSPS) is 12.3. The summed E-state index contributed by atoms with van der Waals surface area (Å²) in [6.45, 7) is 1.59. The van der Waals surface area contributed by atoms with Crippen molar-refractivity contribution in [3.8, 4) is 11.6 Å². The fourth-order valence-corrected chi connectivity index (χ4v) is 1.81. The van der Waals surface area contributed by atoms with Crippen LogP contribution in [0, 0.1) is 0 Å². The lowest BCUT2D eigenvalue weighted by atomic mass is 10.1. The van der Waals surface area contributed by atoms with E-state index in [2.05, 4.69) is 10.1 Å². The van der Waals surface area contributed by atoms with Crippen LogP contribution in [0.2, 0.25) is 5.02 Å². The lowest BCUT2D eigenvalue weighted by Crippen LogP contribution is -2.05. The number of hydrogen-bond donors (Lipinski definition) is 1. The maximum Gasteiger partial charge on any atom is 0.417 e. The number of rotatable bonds is 3. The van der Waals surface area contributed by atoms with Gasteiger partial charge in [-0.25, -0.2) is 4.98 Å². The van der Waals surface area contributed by atoms with E-state index in [9.17, 15) is 13.2 Å². The number of benzene rings is 1. The highest BCUT2D eigenvalue weighted by Gasteiger charge is 2.31. The van der Waals surface area contributed by atoms with E-state index < -0.39 is 11.7 Å². The van der Waals surface area contributed by atoms with Crippen LogP contribution in [0.3, 0.4) is 0 Å². The minimum absolute atomic E-state index is 0.148. The predicted molar refractivity (Wildman–Crippen MR) is 74.8 cm³/mol. The minimum Gasteiger partial charge on any atom is -0.438 e. The number of halogens is 4. The molecule has 4 nitrogen and oxygen atoms in total. The van der Waals surface area contributed by atoms with Crippen LogP contribution in [-0.2, 0) is 6.18 Å². The van der Waals surface area contributed by atoms with Crippen LogP contribution in [0.5, 0.6) is 11.6 Å². The van der Waals surface area contributed by atoms with Crippen molar-refractivity contribution in [2.75, 3.05) is 0 Å². The SMILES string of the molecule is C/C(=N\O)c1cccc(Oc2ncc(C(F)(F)F)cc2Cl)c1. The van der Waals surface area contributed by atoms with Gasteiger partial charge in [0.2, 0.25) is 5.88 Å². The largest absolute Gasteiger partial charge is 0.438 e. The van der Waals surface area contributed by atoms with Crippen molar-refractivity contribution in [2.24, 2.45) is 5.16 Å². The van der Waals surface area contributed by atoms with Gasteiger partial charge in [0.25, 0.3) is 0 Å². The number of nitrogens with zero attached hydrogens (tertiary/aromatic N) is 2. The Morgan fingerprint density at radius 3 is 2.64 bits per heavy atom. The van der Waals surface area contributed by atoms with Crippen LogP contribution in [0.4, 0.5) is 13.2 Å². The zero-order valence-electron chi connectivity index (χ0n) is 11.2. The monoisotopic (exact) mass is 330 g/mol. The average Bonchev–Trinajstić information content (AvgIpc) is 2.47. The van der Waals surface area contributed by atoms with E-state index >= 15 is 0 Å². The Morgan fingerprint density at radius 2 is 2.05 bits per heavy atom. The number of ether oxygens (including phenoxy) is 1. The van der Waals surface area contributed by atoms with Gasteiger partial charge in [-0.3, -0.25) is 0 Å². The molecular weight excluding hydrogens is 321 g/mol. The van der Waals surface area contributed by atoms with Crippen molar-refractivity contribution in [3.05, 3.63) is 52.7 Å². The Bertz CT molecular complexity index is 717. The molecule has 2 rings (SSSR count). The first kappa shape index (κ1) is 16.1. The minimum atomic E-state index is -4.52. The third-order valence-electron chi connectivity index (χ3n) is 2.75. The number of pyridine rings is 1. The zero-order chi connectivity index (χ0) is 16.3. The summed E-state index contributed by atoms with van der Waals surface area (Å²) < 4.78 is 43.0. The zero-order valence-corrected chi connectivity index (χ0v) is 12.0. The summed E-state index contributed by atoms with van der Waals surface area (Å²) >= 11 is 5.76. The van der Waals surface area contributed by atoms with Crippen molar-refractivity contribution < 1.29 is 23.1 Å². The lowest BCUT2D eigenvalue weighted by Gasteiger charge is -2.10. The molecule has 22 heavy (non-hydrogen) atoms. The van der Waals surface area contributed by atoms with Crippen molar-refractivity contribution in [1.29, 1.82) is 0 Å². The first-order valence-electron chi connectivity index (χ1n) is 6.01. The molecule has 0 fully saturated rings. The second-order valence-corrected chi connectivity index (χ2v) is 4.73. The number of alkyl halides is 3. The molecule has 0 atom stereocenters. The summed E-state index contributed by atoms with van der Waals surface area (Å²) in [5.41, 5.74) is -0.0122. The molecule has 0 aliphatic rings. The molecule has 1 aromatic heterocycles. The van der Waals surface area contributed by atoms with Crippen LogP contribution < -0.4 is 4.74 Å². The predicted octanol–water partition coefficient (Wildman–Crippen LogP) is 4.74. The maximum atomic E-state index is 12.5. The smallest absolute Gasteiger partial charge is 0.417 e. The van der Waals surface area contributed by atoms with Gasteiger partial charge in [0, 0.05) is 11.8 Å². The van der Waals surface area contributed by atoms with Crippen LogP contribution >= 0.6 is 11.6 Å². The summed E-state index contributed by atoms with van der Waals surface area (Å²) in [4.78, 5) is 3.58. The van der Waals surface area contributed by atoms with Gasteiger partial charge in [0.1, 0.15) is 10.8 Å². The Hall–Kier alpha value is -2.28. The number of hydrogen-bond acceptors (Lipinski definition) is 4. The fraction of sp³-hybridized carbons (Fsp3) is 0.143. The van der Waals surface area contributed by atoms with E-state index in [1.807, 2.05) is 0 Å². The highest BCUT2D eigenvalue weighted by atomic mass is 35.5. The first-order valence-corrected chi connectivity index (χ1v) is 6.38. The highest BCUT2D eigenvalue weighted by molar-refractivity contribution is 6.31. The van der Waals surface area contributed by atoms with E-state index in [0.29, 0.717) is 23.2 Å². The van der Waals surface area contributed by atoms with Gasteiger partial charge in [-0.15, -0.1) is 0 Å². The van der Waals surface area contributed by atoms with E-state index in [0.717, 1.165) is 6.07 Å². The number of aromatic nitrogens is 1. The fourth-order valence-electron chi connectivity index (χ4n) is 1.61. The molecule has 8 heteroatoms. The second-order valence-electron chi connectivity index (χ2n) is 4.32. The summed E-state index contributed by atoms with van der Waals surface area (Å²) in [7, 11) is 0. The molecular formula is C14H10ClF3N2O2. The molecule has 1 aromatic carbocycles. The summed E-state index contributed by atoms with van der Waals surface area (Å²) in [6, 6.07) is 7.18. The van der Waals surface area contributed by atoms with Crippen molar-refractivity contribution in [3.63, 3.8) is 0 Å². The van der Waals surface area contributed by atoms with Gasteiger partial charge in [-0.1, -0.05) is 28.9 Å². The summed E-state index contributed by atoms with van der Waals surface area (Å²) in [5.74, 6) is 0.153.